The van der Waals surface area contributed by atoms with E-state index in [0.29, 0.717) is 36.3 Å². The summed E-state index contributed by atoms with van der Waals surface area (Å²) in [5.74, 6) is -0.899. The third-order valence-electron chi connectivity index (χ3n) is 8.19. The zero-order valence-electron chi connectivity index (χ0n) is 27.6. The van der Waals surface area contributed by atoms with Crippen molar-refractivity contribution >= 4 is 32.9 Å². The zero-order chi connectivity index (χ0) is 35.0. The summed E-state index contributed by atoms with van der Waals surface area (Å²) < 4.78 is 47.8. The molecule has 0 unspecified atom stereocenters. The molecule has 256 valence electrons. The fourth-order valence-electron chi connectivity index (χ4n) is 5.63. The van der Waals surface area contributed by atoms with E-state index in [1.807, 2.05) is 44.2 Å². The van der Waals surface area contributed by atoms with Gasteiger partial charge in [0.15, 0.2) is 0 Å². The molecule has 2 aromatic heterocycles. The molecule has 2 amide bonds. The second-order valence-electron chi connectivity index (χ2n) is 11.9. The Bertz CT molecular complexity index is 2130. The van der Waals surface area contributed by atoms with E-state index >= 15 is 4.39 Å². The number of pyridine rings is 1. The van der Waals surface area contributed by atoms with Crippen LogP contribution in [0, 0.1) is 5.82 Å². The Morgan fingerprint density at radius 1 is 0.898 bits per heavy atom. The number of fused-ring (bicyclic) bond motifs is 1. The van der Waals surface area contributed by atoms with Gasteiger partial charge in [-0.25, -0.2) is 22.5 Å². The number of benzene rings is 3. The summed E-state index contributed by atoms with van der Waals surface area (Å²) in [7, 11) is -4.27. The summed E-state index contributed by atoms with van der Waals surface area (Å²) in [6.07, 6.45) is 4.95. The van der Waals surface area contributed by atoms with Crippen molar-refractivity contribution in [2.75, 3.05) is 6.54 Å². The number of nitrogens with one attached hydrogen (secondary N) is 2. The van der Waals surface area contributed by atoms with Gasteiger partial charge in [0.2, 0.25) is 11.8 Å². The number of nitrogens with zero attached hydrogens (tertiary/aromatic N) is 3. The molecule has 0 bridgehead atoms. The maximum Gasteiger partial charge on any atom is 0.277 e. The number of imidazole rings is 1. The van der Waals surface area contributed by atoms with Crippen LogP contribution in [0.5, 0.6) is 0 Å². The molecular formula is C37H40FN5O5S. The molecule has 3 aromatic carbocycles. The van der Waals surface area contributed by atoms with Gasteiger partial charge in [-0.3, -0.25) is 14.4 Å². The van der Waals surface area contributed by atoms with Crippen molar-refractivity contribution in [1.82, 2.24) is 24.2 Å². The second-order valence-corrected chi connectivity index (χ2v) is 13.5. The van der Waals surface area contributed by atoms with Crippen LogP contribution in [0.3, 0.4) is 0 Å². The van der Waals surface area contributed by atoms with Crippen LogP contribution >= 0.6 is 0 Å². The Kier molecular flexibility index (Phi) is 11.4. The topological polar surface area (TPSA) is 132 Å². The lowest BCUT2D eigenvalue weighted by Crippen LogP contribution is -2.33. The number of unbranched alkanes of at least 4 members (excludes halogenated alkanes) is 1. The first-order valence-electron chi connectivity index (χ1n) is 16.4. The molecule has 0 saturated carbocycles. The van der Waals surface area contributed by atoms with Crippen LogP contribution in [-0.2, 0) is 45.5 Å². The Labute approximate surface area is 285 Å². The van der Waals surface area contributed by atoms with E-state index in [2.05, 4.69) is 15.0 Å². The van der Waals surface area contributed by atoms with Gasteiger partial charge < -0.3 is 14.5 Å². The SMILES string of the molecule is CCCCc1nc2ccn(CC(=O)NCCC)c(=O)c2n1Cc1ccc(-c2ccccc2S(=O)(=O)NC(=O)CCc2ccccc2)cc1F. The second kappa shape index (κ2) is 15.9. The van der Waals surface area contributed by atoms with Crippen molar-refractivity contribution in [2.24, 2.45) is 0 Å². The van der Waals surface area contributed by atoms with Gasteiger partial charge in [-0.15, -0.1) is 0 Å². The third kappa shape index (κ3) is 8.50. The molecule has 0 aliphatic carbocycles. The van der Waals surface area contributed by atoms with Gasteiger partial charge in [0, 0.05) is 36.7 Å². The van der Waals surface area contributed by atoms with Crippen LogP contribution in [0.4, 0.5) is 4.39 Å². The van der Waals surface area contributed by atoms with Crippen molar-refractivity contribution in [3.05, 3.63) is 118 Å². The summed E-state index contributed by atoms with van der Waals surface area (Å²) in [5.41, 5.74) is 2.06. The first-order valence-corrected chi connectivity index (χ1v) is 17.9. The van der Waals surface area contributed by atoms with E-state index in [4.69, 9.17) is 0 Å². The van der Waals surface area contributed by atoms with E-state index in [1.165, 1.54) is 16.7 Å². The Morgan fingerprint density at radius 3 is 2.39 bits per heavy atom. The van der Waals surface area contributed by atoms with Crippen LogP contribution in [0.2, 0.25) is 0 Å². The van der Waals surface area contributed by atoms with Crippen LogP contribution < -0.4 is 15.6 Å². The van der Waals surface area contributed by atoms with Gasteiger partial charge in [-0.1, -0.05) is 80.9 Å². The lowest BCUT2D eigenvalue weighted by atomic mass is 10.0. The van der Waals surface area contributed by atoms with E-state index in [1.54, 1.807) is 47.2 Å². The lowest BCUT2D eigenvalue weighted by Gasteiger charge is -2.14. The van der Waals surface area contributed by atoms with Crippen molar-refractivity contribution in [3.63, 3.8) is 0 Å². The Balaban J connectivity index is 1.42. The number of rotatable bonds is 15. The van der Waals surface area contributed by atoms with E-state index in [9.17, 15) is 22.8 Å². The molecule has 5 rings (SSSR count). The molecule has 0 atom stereocenters. The van der Waals surface area contributed by atoms with Gasteiger partial charge in [-0.2, -0.15) is 0 Å². The number of hydrogen-bond donors (Lipinski definition) is 2. The molecule has 0 aliphatic heterocycles. The number of sulfonamides is 1. The van der Waals surface area contributed by atoms with Crippen LogP contribution in [0.25, 0.3) is 22.2 Å². The first kappa shape index (κ1) is 35.2. The summed E-state index contributed by atoms with van der Waals surface area (Å²) in [4.78, 5) is 43.2. The highest BCUT2D eigenvalue weighted by atomic mass is 32.2. The summed E-state index contributed by atoms with van der Waals surface area (Å²) >= 11 is 0. The number of halogens is 1. The lowest BCUT2D eigenvalue weighted by molar-refractivity contribution is -0.121. The van der Waals surface area contributed by atoms with Gasteiger partial charge in [0.25, 0.3) is 15.6 Å². The highest BCUT2D eigenvalue weighted by Crippen LogP contribution is 2.29. The zero-order valence-corrected chi connectivity index (χ0v) is 28.4. The molecule has 0 saturated heterocycles. The summed E-state index contributed by atoms with van der Waals surface area (Å²) in [6, 6.07) is 21.5. The Morgan fingerprint density at radius 2 is 1.65 bits per heavy atom. The molecule has 5 aromatic rings. The molecule has 0 fully saturated rings. The number of hydrogen-bond acceptors (Lipinski definition) is 6. The monoisotopic (exact) mass is 685 g/mol. The molecule has 49 heavy (non-hydrogen) atoms. The van der Waals surface area contributed by atoms with E-state index in [0.717, 1.165) is 24.8 Å². The van der Waals surface area contributed by atoms with Gasteiger partial charge >= 0.3 is 0 Å². The molecule has 0 spiro atoms. The molecule has 2 N–H and O–H groups in total. The number of aromatic nitrogens is 3. The summed E-state index contributed by atoms with van der Waals surface area (Å²) in [5, 5.41) is 2.77. The predicted octanol–water partition coefficient (Wildman–Crippen LogP) is 5.36. The first-order chi connectivity index (χ1) is 23.6. The van der Waals surface area contributed by atoms with Crippen LogP contribution in [-0.4, -0.2) is 40.9 Å². The van der Waals surface area contributed by atoms with Crippen molar-refractivity contribution in [1.29, 1.82) is 0 Å². The van der Waals surface area contributed by atoms with Gasteiger partial charge in [0.05, 0.1) is 17.0 Å². The van der Waals surface area contributed by atoms with Crippen LogP contribution in [0.15, 0.2) is 94.7 Å². The van der Waals surface area contributed by atoms with Crippen molar-refractivity contribution in [3.8, 4) is 11.1 Å². The van der Waals surface area contributed by atoms with Crippen molar-refractivity contribution < 1.29 is 22.4 Å². The summed E-state index contributed by atoms with van der Waals surface area (Å²) in [6.45, 7) is 4.34. The molecule has 10 nitrogen and oxygen atoms in total. The number of amides is 2. The Hall–Kier alpha value is -5.10. The minimum absolute atomic E-state index is 0.000360. The third-order valence-corrected chi connectivity index (χ3v) is 9.62. The fraction of sp³-hybridized carbons (Fsp3) is 0.297. The molecule has 12 heteroatoms. The van der Waals surface area contributed by atoms with Gasteiger partial charge in [-0.05, 0) is 48.6 Å². The normalized spacial score (nSPS) is 11.5. The number of carbonyl (C=O) groups is 2. The molecule has 0 radical (unpaired) electrons. The predicted molar refractivity (Wildman–Crippen MR) is 187 cm³/mol. The average molecular weight is 686 g/mol. The van der Waals surface area contributed by atoms with Crippen LogP contribution in [0.1, 0.15) is 56.5 Å². The number of carbonyl (C=O) groups excluding carboxylic acids is 2. The standard InChI is InChI=1S/C37H40FN5O5S/c1-3-5-15-33-40-31-20-22-42(25-35(45)39-21-4-2)37(46)36(31)43(33)24-28-18-17-27(23-30(28)38)29-13-9-10-14-32(29)49(47,48)41-34(44)19-16-26-11-7-6-8-12-26/h6-14,17-18,20,22-23H,3-5,15-16,19,21,24-25H2,1-2H3,(H,39,45)(H,41,44). The van der Waals surface area contributed by atoms with E-state index < -0.39 is 27.3 Å². The average Bonchev–Trinajstić information content (AvgIpc) is 3.45. The smallest absolute Gasteiger partial charge is 0.277 e. The maximum atomic E-state index is 15.9. The minimum Gasteiger partial charge on any atom is -0.355 e. The highest BCUT2D eigenvalue weighted by molar-refractivity contribution is 7.90. The molecular weight excluding hydrogens is 646 g/mol. The molecule has 2 heterocycles. The highest BCUT2D eigenvalue weighted by Gasteiger charge is 2.23. The fourth-order valence-corrected chi connectivity index (χ4v) is 6.88. The largest absolute Gasteiger partial charge is 0.355 e. The van der Waals surface area contributed by atoms with E-state index in [-0.39, 0.29) is 47.0 Å². The quantitative estimate of drug-likeness (QED) is 0.153. The minimum atomic E-state index is -4.27. The van der Waals surface area contributed by atoms with Gasteiger partial charge in [0.1, 0.15) is 23.7 Å². The van der Waals surface area contributed by atoms with Crippen molar-refractivity contribution in [2.45, 2.75) is 70.4 Å². The molecule has 0 aliphatic rings. The maximum absolute atomic E-state index is 15.9. The number of aryl methyl sites for hydroxylation is 2.